The Kier molecular flexibility index (Phi) is 3.83. The van der Waals surface area contributed by atoms with Crippen LogP contribution in [0.1, 0.15) is 12.5 Å². The van der Waals surface area contributed by atoms with E-state index in [-0.39, 0.29) is 0 Å². The molecular weight excluding hydrogens is 176 g/mol. The molecule has 78 valence electrons. The van der Waals surface area contributed by atoms with Gasteiger partial charge in [-0.05, 0) is 33.5 Å². The minimum absolute atomic E-state index is 0.472. The first-order valence-electron chi connectivity index (χ1n) is 4.78. The van der Waals surface area contributed by atoms with Crippen LogP contribution < -0.4 is 5.32 Å². The third-order valence-electron chi connectivity index (χ3n) is 2.22. The molecule has 4 heteroatoms. The Balaban J connectivity index is 2.42. The van der Waals surface area contributed by atoms with Crippen molar-refractivity contribution in [1.29, 1.82) is 0 Å². The summed E-state index contributed by atoms with van der Waals surface area (Å²) in [6.45, 7) is 4.99. The number of nitrogens with zero attached hydrogens (tertiary/aromatic N) is 3. The predicted molar refractivity (Wildman–Crippen MR) is 58.4 cm³/mol. The molecule has 1 rings (SSSR count). The van der Waals surface area contributed by atoms with Crippen LogP contribution in [0.5, 0.6) is 0 Å². The molecule has 14 heavy (non-hydrogen) atoms. The Hall–Kier alpha value is -1.16. The van der Waals surface area contributed by atoms with E-state index in [0.29, 0.717) is 12.0 Å². The molecule has 0 aromatic carbocycles. The van der Waals surface area contributed by atoms with Gasteiger partial charge < -0.3 is 10.2 Å². The van der Waals surface area contributed by atoms with Gasteiger partial charge in [0.2, 0.25) is 5.95 Å². The zero-order valence-electron chi connectivity index (χ0n) is 9.28. The lowest BCUT2D eigenvalue weighted by Gasteiger charge is -2.19. The van der Waals surface area contributed by atoms with E-state index < -0.39 is 0 Å². The summed E-state index contributed by atoms with van der Waals surface area (Å²) >= 11 is 0. The Labute approximate surface area is 85.4 Å². The summed E-state index contributed by atoms with van der Waals surface area (Å²) in [5.74, 6) is 0.698. The van der Waals surface area contributed by atoms with Gasteiger partial charge in [-0.2, -0.15) is 0 Å². The number of hydrogen-bond donors (Lipinski definition) is 1. The number of aryl methyl sites for hydroxylation is 1. The molecule has 4 nitrogen and oxygen atoms in total. The van der Waals surface area contributed by atoms with Gasteiger partial charge in [-0.3, -0.25) is 0 Å². The zero-order chi connectivity index (χ0) is 10.6. The van der Waals surface area contributed by atoms with E-state index in [1.165, 1.54) is 0 Å². The average Bonchev–Trinajstić information content (AvgIpc) is 2.16. The average molecular weight is 194 g/mol. The molecule has 0 aliphatic carbocycles. The third-order valence-corrected chi connectivity index (χ3v) is 2.22. The highest BCUT2D eigenvalue weighted by molar-refractivity contribution is 5.24. The van der Waals surface area contributed by atoms with Crippen molar-refractivity contribution in [3.63, 3.8) is 0 Å². The Morgan fingerprint density at radius 1 is 1.36 bits per heavy atom. The Morgan fingerprint density at radius 3 is 2.43 bits per heavy atom. The summed E-state index contributed by atoms with van der Waals surface area (Å²) in [6.07, 6.45) is 3.63. The molecule has 1 aromatic heterocycles. The maximum absolute atomic E-state index is 4.17. The minimum atomic E-state index is 0.472. The van der Waals surface area contributed by atoms with Crippen LogP contribution in [0.25, 0.3) is 0 Å². The Morgan fingerprint density at radius 2 is 1.93 bits per heavy atom. The second-order valence-electron chi connectivity index (χ2n) is 3.78. The van der Waals surface area contributed by atoms with Gasteiger partial charge in [-0.25, -0.2) is 9.97 Å². The van der Waals surface area contributed by atoms with Gasteiger partial charge in [-0.1, -0.05) is 0 Å². The van der Waals surface area contributed by atoms with Crippen LogP contribution in [0.4, 0.5) is 5.95 Å². The second-order valence-corrected chi connectivity index (χ2v) is 3.78. The number of hydrogen-bond acceptors (Lipinski definition) is 4. The molecule has 1 unspecified atom stereocenters. The highest BCUT2D eigenvalue weighted by atomic mass is 15.2. The second kappa shape index (κ2) is 4.91. The molecule has 1 N–H and O–H groups in total. The van der Waals surface area contributed by atoms with Crippen LogP contribution in [-0.2, 0) is 0 Å². The van der Waals surface area contributed by atoms with Crippen LogP contribution in [0.3, 0.4) is 0 Å². The maximum Gasteiger partial charge on any atom is 0.222 e. The minimum Gasteiger partial charge on any atom is -0.353 e. The molecule has 0 radical (unpaired) electrons. The summed E-state index contributed by atoms with van der Waals surface area (Å²) in [5, 5.41) is 3.19. The fourth-order valence-electron chi connectivity index (χ4n) is 0.905. The number of nitrogens with one attached hydrogen (secondary N) is 1. The van der Waals surface area contributed by atoms with Crippen molar-refractivity contribution in [2.24, 2.45) is 0 Å². The molecule has 0 bridgehead atoms. The van der Waals surface area contributed by atoms with E-state index in [4.69, 9.17) is 0 Å². The Bertz CT molecular complexity index is 268. The molecule has 1 aromatic rings. The molecule has 0 aliphatic rings. The molecule has 1 heterocycles. The van der Waals surface area contributed by atoms with Crippen LogP contribution >= 0.6 is 0 Å². The smallest absolute Gasteiger partial charge is 0.222 e. The van der Waals surface area contributed by atoms with Gasteiger partial charge >= 0.3 is 0 Å². The van der Waals surface area contributed by atoms with Crippen molar-refractivity contribution in [3.8, 4) is 0 Å². The summed E-state index contributed by atoms with van der Waals surface area (Å²) in [7, 11) is 4.12. The molecule has 0 fully saturated rings. The summed E-state index contributed by atoms with van der Waals surface area (Å²) < 4.78 is 0. The number of rotatable bonds is 4. The molecule has 1 atom stereocenters. The lowest BCUT2D eigenvalue weighted by molar-refractivity contribution is 0.326. The SMILES string of the molecule is Cc1cnc(NCC(C)N(C)C)nc1. The summed E-state index contributed by atoms with van der Waals surface area (Å²) in [4.78, 5) is 10.5. The highest BCUT2D eigenvalue weighted by Gasteiger charge is 2.04. The fraction of sp³-hybridized carbons (Fsp3) is 0.600. The van der Waals surface area contributed by atoms with Crippen LogP contribution in [0.15, 0.2) is 12.4 Å². The van der Waals surface area contributed by atoms with Crippen molar-refractivity contribution < 1.29 is 0 Å². The summed E-state index contributed by atoms with van der Waals surface area (Å²) in [5.41, 5.74) is 1.08. The quantitative estimate of drug-likeness (QED) is 0.780. The molecular formula is C10H18N4. The first-order chi connectivity index (χ1) is 6.59. The fourth-order valence-corrected chi connectivity index (χ4v) is 0.905. The van der Waals surface area contributed by atoms with Crippen molar-refractivity contribution in [2.45, 2.75) is 19.9 Å². The highest BCUT2D eigenvalue weighted by Crippen LogP contribution is 1.99. The van der Waals surface area contributed by atoms with Gasteiger partial charge in [0.1, 0.15) is 0 Å². The van der Waals surface area contributed by atoms with E-state index in [0.717, 1.165) is 12.1 Å². The summed E-state index contributed by atoms with van der Waals surface area (Å²) in [6, 6.07) is 0.472. The predicted octanol–water partition coefficient (Wildman–Crippen LogP) is 1.15. The number of likely N-dealkylation sites (N-methyl/N-ethyl adjacent to an activating group) is 1. The topological polar surface area (TPSA) is 41.1 Å². The first kappa shape index (κ1) is 10.9. The van der Waals surface area contributed by atoms with Crippen molar-refractivity contribution >= 4 is 5.95 Å². The third kappa shape index (κ3) is 3.30. The molecule has 0 amide bonds. The standard InChI is InChI=1S/C10H18N4/c1-8-5-11-10(12-6-8)13-7-9(2)14(3)4/h5-6,9H,7H2,1-4H3,(H,11,12,13). The van der Waals surface area contributed by atoms with Gasteiger partial charge in [-0.15, -0.1) is 0 Å². The van der Waals surface area contributed by atoms with Crippen LogP contribution in [0.2, 0.25) is 0 Å². The molecule has 0 saturated carbocycles. The zero-order valence-corrected chi connectivity index (χ0v) is 9.28. The normalized spacial score (nSPS) is 12.9. The largest absolute Gasteiger partial charge is 0.353 e. The van der Waals surface area contributed by atoms with Crippen molar-refractivity contribution in [3.05, 3.63) is 18.0 Å². The molecule has 0 aliphatic heterocycles. The lowest BCUT2D eigenvalue weighted by Crippen LogP contribution is -2.31. The van der Waals surface area contributed by atoms with Crippen molar-refractivity contribution in [1.82, 2.24) is 14.9 Å². The van der Waals surface area contributed by atoms with Crippen LogP contribution in [-0.4, -0.2) is 41.5 Å². The van der Waals surface area contributed by atoms with E-state index in [9.17, 15) is 0 Å². The van der Waals surface area contributed by atoms with Gasteiger partial charge in [0.05, 0.1) is 0 Å². The maximum atomic E-state index is 4.17. The monoisotopic (exact) mass is 194 g/mol. The van der Waals surface area contributed by atoms with E-state index in [1.54, 1.807) is 0 Å². The van der Waals surface area contributed by atoms with Gasteiger partial charge in [0.15, 0.2) is 0 Å². The molecule has 0 spiro atoms. The van der Waals surface area contributed by atoms with Crippen LogP contribution in [0, 0.1) is 6.92 Å². The van der Waals surface area contributed by atoms with Gasteiger partial charge in [0.25, 0.3) is 0 Å². The van der Waals surface area contributed by atoms with Crippen molar-refractivity contribution in [2.75, 3.05) is 26.0 Å². The first-order valence-corrected chi connectivity index (χ1v) is 4.78. The lowest BCUT2D eigenvalue weighted by atomic mass is 10.3. The number of aromatic nitrogens is 2. The van der Waals surface area contributed by atoms with Gasteiger partial charge in [0, 0.05) is 25.0 Å². The van der Waals surface area contributed by atoms with E-state index in [2.05, 4.69) is 41.2 Å². The number of anilines is 1. The van der Waals surface area contributed by atoms with E-state index >= 15 is 0 Å². The molecule has 0 saturated heterocycles. The van der Waals surface area contributed by atoms with E-state index in [1.807, 2.05) is 19.3 Å².